The molecule has 0 radical (unpaired) electrons. The van der Waals surface area contributed by atoms with Crippen LogP contribution in [0.1, 0.15) is 26.2 Å². The van der Waals surface area contributed by atoms with Crippen molar-refractivity contribution in [2.45, 2.75) is 37.1 Å². The maximum Gasteiger partial charge on any atom is 0.241 e. The van der Waals surface area contributed by atoms with Crippen LogP contribution in [0.25, 0.3) is 0 Å². The van der Waals surface area contributed by atoms with Crippen LogP contribution in [-0.4, -0.2) is 38.4 Å². The van der Waals surface area contributed by atoms with Crippen LogP contribution in [0, 0.1) is 5.82 Å². The number of rotatable bonds is 4. The van der Waals surface area contributed by atoms with E-state index < -0.39 is 21.9 Å². The number of piperidine rings is 1. The highest BCUT2D eigenvalue weighted by Crippen LogP contribution is 2.13. The number of hydrogen-bond donors (Lipinski definition) is 1. The minimum absolute atomic E-state index is 0.0535. The van der Waals surface area contributed by atoms with Gasteiger partial charge in [0.05, 0.1) is 10.9 Å². The lowest BCUT2D eigenvalue weighted by atomic mass is 10.1. The summed E-state index contributed by atoms with van der Waals surface area (Å²) in [5.74, 6) is -0.730. The summed E-state index contributed by atoms with van der Waals surface area (Å²) in [5.41, 5.74) is 0. The van der Waals surface area contributed by atoms with Gasteiger partial charge in [-0.1, -0.05) is 0 Å². The van der Waals surface area contributed by atoms with E-state index in [4.69, 9.17) is 0 Å². The standard InChI is InChI=1S/C14H19FN2O3S/c1-11(14(18)17-9-3-2-4-10-17)16-21(19,20)13-7-5-12(15)6-8-13/h5-8,11,16H,2-4,9-10H2,1H3/t11-/m0/s1. The van der Waals surface area contributed by atoms with Crippen LogP contribution in [0.2, 0.25) is 0 Å². The molecule has 0 saturated carbocycles. The molecule has 0 spiro atoms. The topological polar surface area (TPSA) is 66.5 Å². The molecule has 1 N–H and O–H groups in total. The first-order valence-corrected chi connectivity index (χ1v) is 8.45. The lowest BCUT2D eigenvalue weighted by Crippen LogP contribution is -2.48. The molecule has 116 valence electrons. The van der Waals surface area contributed by atoms with E-state index in [1.54, 1.807) is 4.90 Å². The first kappa shape index (κ1) is 15.9. The highest BCUT2D eigenvalue weighted by atomic mass is 32.2. The van der Waals surface area contributed by atoms with Gasteiger partial charge in [-0.05, 0) is 50.5 Å². The molecule has 1 amide bonds. The Kier molecular flexibility index (Phi) is 4.95. The van der Waals surface area contributed by atoms with Crippen LogP contribution in [-0.2, 0) is 14.8 Å². The molecule has 21 heavy (non-hydrogen) atoms. The average Bonchev–Trinajstić information content (AvgIpc) is 2.47. The van der Waals surface area contributed by atoms with Crippen LogP contribution < -0.4 is 4.72 Å². The number of hydrogen-bond acceptors (Lipinski definition) is 3. The Morgan fingerprint density at radius 2 is 1.76 bits per heavy atom. The Bertz CT molecular complexity index is 595. The molecule has 1 aromatic rings. The van der Waals surface area contributed by atoms with E-state index in [0.717, 1.165) is 31.4 Å². The van der Waals surface area contributed by atoms with Crippen molar-refractivity contribution < 1.29 is 17.6 Å². The maximum atomic E-state index is 12.8. The largest absolute Gasteiger partial charge is 0.341 e. The van der Waals surface area contributed by atoms with Gasteiger partial charge in [0.25, 0.3) is 0 Å². The molecule has 1 aromatic carbocycles. The van der Waals surface area contributed by atoms with Crippen molar-refractivity contribution in [3.63, 3.8) is 0 Å². The molecule has 0 bridgehead atoms. The summed E-state index contributed by atoms with van der Waals surface area (Å²) in [5, 5.41) is 0. The van der Waals surface area contributed by atoms with Crippen LogP contribution in [0.5, 0.6) is 0 Å². The molecule has 1 aliphatic rings. The normalized spacial score (nSPS) is 17.5. The minimum atomic E-state index is -3.82. The third kappa shape index (κ3) is 4.01. The Morgan fingerprint density at radius 1 is 1.19 bits per heavy atom. The number of carbonyl (C=O) groups excluding carboxylic acids is 1. The van der Waals surface area contributed by atoms with Crippen molar-refractivity contribution in [1.29, 1.82) is 0 Å². The van der Waals surface area contributed by atoms with E-state index in [0.29, 0.717) is 13.1 Å². The van der Waals surface area contributed by atoms with Crippen molar-refractivity contribution >= 4 is 15.9 Å². The van der Waals surface area contributed by atoms with E-state index in [1.807, 2.05) is 0 Å². The molecule has 7 heteroatoms. The predicted octanol–water partition coefficient (Wildman–Crippen LogP) is 1.51. The van der Waals surface area contributed by atoms with Crippen LogP contribution in [0.4, 0.5) is 4.39 Å². The Morgan fingerprint density at radius 3 is 2.33 bits per heavy atom. The SMILES string of the molecule is C[C@H](NS(=O)(=O)c1ccc(F)cc1)C(=O)N1CCCCC1. The van der Waals surface area contributed by atoms with E-state index in [9.17, 15) is 17.6 Å². The number of sulfonamides is 1. The predicted molar refractivity (Wildman–Crippen MR) is 76.6 cm³/mol. The molecule has 1 heterocycles. The van der Waals surface area contributed by atoms with E-state index in [2.05, 4.69) is 4.72 Å². The Hall–Kier alpha value is -1.47. The molecular formula is C14H19FN2O3S. The van der Waals surface area contributed by atoms with Gasteiger partial charge in [-0.2, -0.15) is 4.72 Å². The van der Waals surface area contributed by atoms with Gasteiger partial charge in [-0.25, -0.2) is 12.8 Å². The Balaban J connectivity index is 2.05. The van der Waals surface area contributed by atoms with Crippen LogP contribution >= 0.6 is 0 Å². The molecule has 1 atom stereocenters. The van der Waals surface area contributed by atoms with Gasteiger partial charge in [0, 0.05) is 13.1 Å². The highest BCUT2D eigenvalue weighted by Gasteiger charge is 2.26. The van der Waals surface area contributed by atoms with Crippen LogP contribution in [0.3, 0.4) is 0 Å². The van der Waals surface area contributed by atoms with Gasteiger partial charge in [0.1, 0.15) is 5.82 Å². The molecule has 0 aromatic heterocycles. The molecule has 1 saturated heterocycles. The van der Waals surface area contributed by atoms with E-state index >= 15 is 0 Å². The van der Waals surface area contributed by atoms with Gasteiger partial charge >= 0.3 is 0 Å². The smallest absolute Gasteiger partial charge is 0.241 e. The molecule has 1 aliphatic heterocycles. The number of carbonyl (C=O) groups is 1. The fourth-order valence-corrected chi connectivity index (χ4v) is 3.55. The number of amides is 1. The van der Waals surface area contributed by atoms with Crippen LogP contribution in [0.15, 0.2) is 29.2 Å². The summed E-state index contributed by atoms with van der Waals surface area (Å²) in [4.78, 5) is 13.8. The number of likely N-dealkylation sites (tertiary alicyclic amines) is 1. The highest BCUT2D eigenvalue weighted by molar-refractivity contribution is 7.89. The van der Waals surface area contributed by atoms with Gasteiger partial charge in [0.2, 0.25) is 15.9 Å². The third-order valence-electron chi connectivity index (χ3n) is 3.49. The monoisotopic (exact) mass is 314 g/mol. The first-order chi connectivity index (χ1) is 9.90. The molecular weight excluding hydrogens is 295 g/mol. The summed E-state index contributed by atoms with van der Waals surface area (Å²) in [6.45, 7) is 2.86. The molecule has 5 nitrogen and oxygen atoms in total. The quantitative estimate of drug-likeness (QED) is 0.916. The summed E-state index contributed by atoms with van der Waals surface area (Å²) in [6, 6.07) is 3.67. The summed E-state index contributed by atoms with van der Waals surface area (Å²) >= 11 is 0. The number of nitrogens with one attached hydrogen (secondary N) is 1. The zero-order valence-electron chi connectivity index (χ0n) is 11.9. The zero-order valence-corrected chi connectivity index (χ0v) is 12.7. The summed E-state index contributed by atoms with van der Waals surface area (Å²) < 4.78 is 39.5. The fraction of sp³-hybridized carbons (Fsp3) is 0.500. The van der Waals surface area contributed by atoms with Gasteiger partial charge in [-0.15, -0.1) is 0 Å². The second kappa shape index (κ2) is 6.53. The second-order valence-electron chi connectivity index (χ2n) is 5.18. The Labute approximate surface area is 124 Å². The van der Waals surface area contributed by atoms with Crippen molar-refractivity contribution in [3.05, 3.63) is 30.1 Å². The van der Waals surface area contributed by atoms with Crippen molar-refractivity contribution in [1.82, 2.24) is 9.62 Å². The lowest BCUT2D eigenvalue weighted by Gasteiger charge is -2.29. The number of benzene rings is 1. The van der Waals surface area contributed by atoms with E-state index in [1.165, 1.54) is 19.1 Å². The number of halogens is 1. The molecule has 0 aliphatic carbocycles. The molecule has 1 fully saturated rings. The second-order valence-corrected chi connectivity index (χ2v) is 6.90. The summed E-state index contributed by atoms with van der Waals surface area (Å²) in [6.07, 6.45) is 2.99. The number of nitrogens with zero attached hydrogens (tertiary/aromatic N) is 1. The zero-order chi connectivity index (χ0) is 15.5. The van der Waals surface area contributed by atoms with Gasteiger partial charge in [-0.3, -0.25) is 4.79 Å². The molecule has 2 rings (SSSR count). The third-order valence-corrected chi connectivity index (χ3v) is 5.05. The maximum absolute atomic E-state index is 12.8. The van der Waals surface area contributed by atoms with Crippen molar-refractivity contribution in [3.8, 4) is 0 Å². The van der Waals surface area contributed by atoms with Gasteiger partial charge in [0.15, 0.2) is 0 Å². The summed E-state index contributed by atoms with van der Waals surface area (Å²) in [7, 11) is -3.82. The van der Waals surface area contributed by atoms with Crippen molar-refractivity contribution in [2.75, 3.05) is 13.1 Å². The molecule has 0 unspecified atom stereocenters. The fourth-order valence-electron chi connectivity index (χ4n) is 2.35. The van der Waals surface area contributed by atoms with Gasteiger partial charge < -0.3 is 4.90 Å². The lowest BCUT2D eigenvalue weighted by molar-refractivity contribution is -0.133. The minimum Gasteiger partial charge on any atom is -0.341 e. The van der Waals surface area contributed by atoms with Crippen molar-refractivity contribution in [2.24, 2.45) is 0 Å². The first-order valence-electron chi connectivity index (χ1n) is 6.97. The average molecular weight is 314 g/mol. The van der Waals surface area contributed by atoms with E-state index in [-0.39, 0.29) is 10.8 Å².